The molecule has 1 fully saturated rings. The zero-order valence-electron chi connectivity index (χ0n) is 10.0. The van der Waals surface area contributed by atoms with E-state index in [0.717, 1.165) is 0 Å². The van der Waals surface area contributed by atoms with Gasteiger partial charge < -0.3 is 0 Å². The summed E-state index contributed by atoms with van der Waals surface area (Å²) in [6.45, 7) is -0.442. The molecule has 1 aliphatic rings. The lowest BCUT2D eigenvalue weighted by Gasteiger charge is -2.35. The molecule has 0 N–H and O–H groups in total. The molecule has 114 valence electrons. The number of hydrogen-bond acceptors (Lipinski definition) is 1. The first-order valence-corrected chi connectivity index (χ1v) is 5.96. The van der Waals surface area contributed by atoms with Crippen molar-refractivity contribution in [3.05, 3.63) is 0 Å². The van der Waals surface area contributed by atoms with Gasteiger partial charge in [-0.2, -0.15) is 31.3 Å². The van der Waals surface area contributed by atoms with E-state index in [9.17, 15) is 30.9 Å². The molecule has 0 aromatic carbocycles. The summed E-state index contributed by atoms with van der Waals surface area (Å²) in [6.07, 6.45) is -11.1. The minimum absolute atomic E-state index is 0.0534. The van der Waals surface area contributed by atoms with Gasteiger partial charge in [0.2, 0.25) is 0 Å². The largest absolute Gasteiger partial charge is 0.389 e. The predicted molar refractivity (Wildman–Crippen MR) is 52.7 cm³/mol. The molecule has 1 saturated carbocycles. The van der Waals surface area contributed by atoms with Gasteiger partial charge in [0.15, 0.2) is 0 Å². The molecule has 0 aliphatic heterocycles. The minimum atomic E-state index is -4.41. The number of hydrogen-bond donors (Lipinski definition) is 0. The second-order valence-electron chi connectivity index (χ2n) is 5.22. The summed E-state index contributed by atoms with van der Waals surface area (Å²) in [4.78, 5) is 3.38. The van der Waals surface area contributed by atoms with Gasteiger partial charge in [0.1, 0.15) is 0 Å². The normalized spacial score (nSPS) is 29.5. The van der Waals surface area contributed by atoms with Gasteiger partial charge in [-0.3, -0.25) is 0 Å². The van der Waals surface area contributed by atoms with Gasteiger partial charge in [0.05, 0.1) is 6.61 Å². The highest BCUT2D eigenvalue weighted by Gasteiger charge is 2.40. The molecule has 0 bridgehead atoms. The Labute approximate surface area is 106 Å². The summed E-state index contributed by atoms with van der Waals surface area (Å²) in [6, 6.07) is 0. The van der Waals surface area contributed by atoms with E-state index in [2.05, 4.69) is 4.94 Å². The van der Waals surface area contributed by atoms with Gasteiger partial charge in [-0.15, -0.1) is 0 Å². The lowest BCUT2D eigenvalue weighted by atomic mass is 9.73. The zero-order valence-corrected chi connectivity index (χ0v) is 10.0. The van der Waals surface area contributed by atoms with Crippen LogP contribution in [0.3, 0.4) is 0 Å². The molecule has 0 heterocycles. The molecule has 0 radical (unpaired) electrons. The SMILES string of the molecule is FOCC1CC(CC(F)(F)F)CC(CC(F)(F)F)C1. The summed E-state index contributed by atoms with van der Waals surface area (Å²) in [7, 11) is 0. The molecule has 2 atom stereocenters. The Morgan fingerprint density at radius 2 is 1.11 bits per heavy atom. The maximum Gasteiger partial charge on any atom is 0.389 e. The van der Waals surface area contributed by atoms with Gasteiger partial charge >= 0.3 is 12.4 Å². The van der Waals surface area contributed by atoms with Crippen molar-refractivity contribution in [3.8, 4) is 0 Å². The molecule has 0 aromatic rings. The first kappa shape index (κ1) is 16.5. The molecule has 0 saturated heterocycles. The summed E-state index contributed by atoms with van der Waals surface area (Å²) in [5.41, 5.74) is 0. The van der Waals surface area contributed by atoms with Crippen LogP contribution in [0.4, 0.5) is 30.9 Å². The van der Waals surface area contributed by atoms with E-state index in [1.165, 1.54) is 0 Å². The lowest BCUT2D eigenvalue weighted by Crippen LogP contribution is -2.30. The van der Waals surface area contributed by atoms with E-state index >= 15 is 0 Å². The summed E-state index contributed by atoms with van der Waals surface area (Å²) >= 11 is 0. The van der Waals surface area contributed by atoms with Crippen LogP contribution in [0.1, 0.15) is 32.1 Å². The third kappa shape index (κ3) is 6.98. The Kier molecular flexibility index (Phi) is 5.46. The van der Waals surface area contributed by atoms with Crippen LogP contribution >= 0.6 is 0 Å². The number of alkyl halides is 6. The fraction of sp³-hybridized carbons (Fsp3) is 1.00. The highest BCUT2D eigenvalue weighted by atomic mass is 19.4. The smallest absolute Gasteiger partial charge is 0.194 e. The molecule has 1 rings (SSSR count). The average Bonchev–Trinajstić information content (AvgIpc) is 2.11. The summed E-state index contributed by atoms with van der Waals surface area (Å²) in [5, 5.41) is 0. The van der Waals surface area contributed by atoms with Crippen molar-refractivity contribution in [2.45, 2.75) is 44.5 Å². The Morgan fingerprint density at radius 3 is 1.42 bits per heavy atom. The van der Waals surface area contributed by atoms with Crippen molar-refractivity contribution in [2.75, 3.05) is 6.61 Å². The molecule has 1 nitrogen and oxygen atoms in total. The highest BCUT2D eigenvalue weighted by Crippen LogP contribution is 2.43. The topological polar surface area (TPSA) is 9.23 Å². The van der Waals surface area contributed by atoms with E-state index in [4.69, 9.17) is 0 Å². The standard InChI is InChI=1S/C11H15F7O/c12-10(13,14)4-7-1-8(5-11(15,16)17)3-9(2-7)6-19-18/h7-9H,1-6H2. The summed E-state index contributed by atoms with van der Waals surface area (Å²) in [5.74, 6) is -2.36. The van der Waals surface area contributed by atoms with Crippen molar-refractivity contribution in [1.82, 2.24) is 0 Å². The van der Waals surface area contributed by atoms with Gasteiger partial charge in [0.25, 0.3) is 0 Å². The first-order valence-electron chi connectivity index (χ1n) is 5.96. The van der Waals surface area contributed by atoms with E-state index < -0.39 is 49.6 Å². The number of rotatable bonds is 4. The van der Waals surface area contributed by atoms with Crippen LogP contribution in [0.15, 0.2) is 0 Å². The van der Waals surface area contributed by atoms with Crippen LogP contribution in [0.2, 0.25) is 0 Å². The third-order valence-corrected chi connectivity index (χ3v) is 3.34. The first-order chi connectivity index (χ1) is 8.59. The maximum absolute atomic E-state index is 12.3. The predicted octanol–water partition coefficient (Wildman–Crippen LogP) is 4.82. The highest BCUT2D eigenvalue weighted by molar-refractivity contribution is 4.81. The quantitative estimate of drug-likeness (QED) is 0.675. The van der Waals surface area contributed by atoms with Gasteiger partial charge in [-0.25, -0.2) is 0 Å². The second-order valence-corrected chi connectivity index (χ2v) is 5.22. The van der Waals surface area contributed by atoms with Gasteiger partial charge in [0, 0.05) is 12.8 Å². The third-order valence-electron chi connectivity index (χ3n) is 3.34. The van der Waals surface area contributed by atoms with Crippen molar-refractivity contribution >= 4 is 0 Å². The second kappa shape index (κ2) is 6.28. The van der Waals surface area contributed by atoms with Gasteiger partial charge in [-0.05, 0) is 41.5 Å². The van der Waals surface area contributed by atoms with E-state index in [-0.39, 0.29) is 19.3 Å². The molecule has 2 unspecified atom stereocenters. The van der Waals surface area contributed by atoms with Crippen LogP contribution in [-0.4, -0.2) is 19.0 Å². The monoisotopic (exact) mass is 296 g/mol. The summed E-state index contributed by atoms with van der Waals surface area (Å²) < 4.78 is 85.5. The molecule has 1 aliphatic carbocycles. The van der Waals surface area contributed by atoms with Crippen molar-refractivity contribution in [2.24, 2.45) is 17.8 Å². The molecule has 0 aromatic heterocycles. The number of halogens is 7. The molecule has 8 heteroatoms. The van der Waals surface area contributed by atoms with E-state index in [0.29, 0.717) is 0 Å². The Balaban J connectivity index is 2.62. The van der Waals surface area contributed by atoms with Crippen molar-refractivity contribution in [1.29, 1.82) is 0 Å². The lowest BCUT2D eigenvalue weighted by molar-refractivity contribution is -0.174. The van der Waals surface area contributed by atoms with Crippen molar-refractivity contribution in [3.63, 3.8) is 0 Å². The van der Waals surface area contributed by atoms with Crippen LogP contribution in [0, 0.1) is 17.8 Å². The van der Waals surface area contributed by atoms with Crippen molar-refractivity contribution < 1.29 is 35.8 Å². The Hall–Kier alpha value is -0.530. The van der Waals surface area contributed by atoms with E-state index in [1.54, 1.807) is 0 Å². The molecular weight excluding hydrogens is 281 g/mol. The Morgan fingerprint density at radius 1 is 0.737 bits per heavy atom. The van der Waals surface area contributed by atoms with Crippen LogP contribution in [0.25, 0.3) is 0 Å². The molecule has 0 spiro atoms. The molecule has 19 heavy (non-hydrogen) atoms. The maximum atomic E-state index is 12.3. The molecular formula is C11H15F7O. The zero-order chi connectivity index (χ0) is 14.7. The molecule has 0 amide bonds. The van der Waals surface area contributed by atoms with E-state index in [1.807, 2.05) is 0 Å². The average molecular weight is 296 g/mol. The fourth-order valence-corrected chi connectivity index (χ4v) is 2.92. The van der Waals surface area contributed by atoms with Gasteiger partial charge in [-0.1, -0.05) is 0 Å². The van der Waals surface area contributed by atoms with Crippen LogP contribution in [0.5, 0.6) is 0 Å². The fourth-order valence-electron chi connectivity index (χ4n) is 2.92. The van der Waals surface area contributed by atoms with Crippen LogP contribution < -0.4 is 0 Å². The Bertz CT molecular complexity index is 249. The van der Waals surface area contributed by atoms with Crippen LogP contribution in [-0.2, 0) is 4.94 Å². The minimum Gasteiger partial charge on any atom is -0.194 e.